The first-order chi connectivity index (χ1) is 4.86. The Labute approximate surface area is 67.1 Å². The molecular formula is C7H5BrN2. The van der Waals surface area contributed by atoms with E-state index >= 15 is 0 Å². The minimum Gasteiger partial charge on any atom is -0.279 e. The Hall–Kier alpha value is -0.700. The van der Waals surface area contributed by atoms with Crippen LogP contribution in [0.25, 0.3) is 0 Å². The van der Waals surface area contributed by atoms with Gasteiger partial charge in [-0.25, -0.2) is 0 Å². The first kappa shape index (κ1) is 6.04. The summed E-state index contributed by atoms with van der Waals surface area (Å²) in [6.45, 7) is 0. The molecule has 0 N–H and O–H groups in total. The predicted molar refractivity (Wildman–Crippen MR) is 43.2 cm³/mol. The topological polar surface area (TPSA) is 25.2 Å². The molecule has 0 saturated heterocycles. The molecule has 0 fully saturated rings. The van der Waals surface area contributed by atoms with Crippen molar-refractivity contribution in [1.29, 1.82) is 0 Å². The van der Waals surface area contributed by atoms with Gasteiger partial charge in [0, 0.05) is 16.9 Å². The second kappa shape index (κ2) is 2.16. The number of halogens is 1. The van der Waals surface area contributed by atoms with Gasteiger partial charge in [0.2, 0.25) is 0 Å². The quantitative estimate of drug-likeness (QED) is 0.675. The fourth-order valence-corrected chi connectivity index (χ4v) is 0.993. The molecule has 1 aliphatic rings. The smallest absolute Gasteiger partial charge is 0.126 e. The lowest BCUT2D eigenvalue weighted by Gasteiger charge is -1.93. The second-order valence-corrected chi connectivity index (χ2v) is 3.06. The number of hydrogen-bond acceptors (Lipinski definition) is 2. The summed E-state index contributed by atoms with van der Waals surface area (Å²) in [6, 6.07) is 4.22. The molecule has 0 amide bonds. The summed E-state index contributed by atoms with van der Waals surface area (Å²) < 4.78 is 1.01. The highest BCUT2D eigenvalue weighted by atomic mass is 79.9. The molecule has 1 aliphatic heterocycles. The Morgan fingerprint density at radius 2 is 2.20 bits per heavy atom. The molecule has 1 atom stereocenters. The normalized spacial score (nSPS) is 21.1. The maximum atomic E-state index is 4.17. The maximum absolute atomic E-state index is 4.17. The standard InChI is InChI=1S/C7H5BrN2/c8-5-1-2-6(9-3-5)7-4-10-7/h1-4,7H. The van der Waals surface area contributed by atoms with E-state index < -0.39 is 0 Å². The highest BCUT2D eigenvalue weighted by Crippen LogP contribution is 2.22. The number of pyridine rings is 1. The van der Waals surface area contributed by atoms with Crippen molar-refractivity contribution in [1.82, 2.24) is 4.98 Å². The molecule has 0 radical (unpaired) electrons. The minimum atomic E-state index is 0.271. The van der Waals surface area contributed by atoms with Crippen LogP contribution in [0.15, 0.2) is 27.8 Å². The molecule has 3 heteroatoms. The third-order valence-corrected chi connectivity index (χ3v) is 1.82. The lowest BCUT2D eigenvalue weighted by atomic mass is 10.3. The van der Waals surface area contributed by atoms with Crippen LogP contribution in [-0.4, -0.2) is 11.2 Å². The van der Waals surface area contributed by atoms with Crippen molar-refractivity contribution >= 4 is 22.1 Å². The van der Waals surface area contributed by atoms with Crippen LogP contribution in [0.3, 0.4) is 0 Å². The molecule has 2 nitrogen and oxygen atoms in total. The van der Waals surface area contributed by atoms with E-state index in [0.29, 0.717) is 0 Å². The van der Waals surface area contributed by atoms with Crippen molar-refractivity contribution < 1.29 is 0 Å². The Bertz CT molecular complexity index is 259. The van der Waals surface area contributed by atoms with Crippen LogP contribution in [0.5, 0.6) is 0 Å². The van der Waals surface area contributed by atoms with Gasteiger partial charge in [-0.1, -0.05) is 0 Å². The van der Waals surface area contributed by atoms with E-state index in [1.165, 1.54) is 0 Å². The molecule has 2 heterocycles. The number of aliphatic imine (C=N–C) groups is 1. The summed E-state index contributed by atoms with van der Waals surface area (Å²) in [5.41, 5.74) is 1.03. The first-order valence-corrected chi connectivity index (χ1v) is 3.80. The highest BCUT2D eigenvalue weighted by molar-refractivity contribution is 9.10. The van der Waals surface area contributed by atoms with Crippen LogP contribution in [0, 0.1) is 0 Å². The van der Waals surface area contributed by atoms with E-state index in [-0.39, 0.29) is 6.04 Å². The summed E-state index contributed by atoms with van der Waals surface area (Å²) in [7, 11) is 0. The summed E-state index contributed by atoms with van der Waals surface area (Å²) in [5.74, 6) is 0. The van der Waals surface area contributed by atoms with Crippen molar-refractivity contribution in [2.75, 3.05) is 0 Å². The predicted octanol–water partition coefficient (Wildman–Crippen LogP) is 1.97. The minimum absolute atomic E-state index is 0.271. The molecule has 1 unspecified atom stereocenters. The van der Waals surface area contributed by atoms with Crippen molar-refractivity contribution in [2.24, 2.45) is 4.99 Å². The zero-order valence-corrected chi connectivity index (χ0v) is 6.75. The molecule has 50 valence electrons. The van der Waals surface area contributed by atoms with Gasteiger partial charge in [0.1, 0.15) is 6.04 Å². The first-order valence-electron chi connectivity index (χ1n) is 3.01. The summed E-state index contributed by atoms with van der Waals surface area (Å²) in [4.78, 5) is 8.17. The zero-order valence-electron chi connectivity index (χ0n) is 5.16. The van der Waals surface area contributed by atoms with Gasteiger partial charge >= 0.3 is 0 Å². The number of rotatable bonds is 1. The Morgan fingerprint density at radius 1 is 1.40 bits per heavy atom. The van der Waals surface area contributed by atoms with Crippen LogP contribution in [-0.2, 0) is 0 Å². The molecule has 10 heavy (non-hydrogen) atoms. The summed E-state index contributed by atoms with van der Waals surface area (Å²) >= 11 is 3.31. The lowest BCUT2D eigenvalue weighted by Crippen LogP contribution is -1.85. The highest BCUT2D eigenvalue weighted by Gasteiger charge is 2.16. The molecule has 0 aliphatic carbocycles. The SMILES string of the molecule is Brc1ccc(C2C=N2)nc1. The van der Waals surface area contributed by atoms with Crippen LogP contribution >= 0.6 is 15.9 Å². The molecule has 0 bridgehead atoms. The Morgan fingerprint density at radius 3 is 2.70 bits per heavy atom. The maximum Gasteiger partial charge on any atom is 0.126 e. The molecule has 0 saturated carbocycles. The number of nitrogens with zero attached hydrogens (tertiary/aromatic N) is 2. The number of hydrogen-bond donors (Lipinski definition) is 0. The van der Waals surface area contributed by atoms with Crippen LogP contribution in [0.4, 0.5) is 0 Å². The van der Waals surface area contributed by atoms with Gasteiger partial charge in [-0.15, -0.1) is 0 Å². The third kappa shape index (κ3) is 1.09. The van der Waals surface area contributed by atoms with Crippen LogP contribution in [0.1, 0.15) is 11.7 Å². The van der Waals surface area contributed by atoms with Gasteiger partial charge in [0.05, 0.1) is 5.69 Å². The van der Waals surface area contributed by atoms with E-state index in [1.54, 1.807) is 6.20 Å². The molecule has 0 spiro atoms. The third-order valence-electron chi connectivity index (χ3n) is 1.35. The average Bonchev–Trinajstić information content (AvgIpc) is 2.71. The monoisotopic (exact) mass is 196 g/mol. The lowest BCUT2D eigenvalue weighted by molar-refractivity contribution is 1.03. The van der Waals surface area contributed by atoms with Gasteiger partial charge in [0.25, 0.3) is 0 Å². The van der Waals surface area contributed by atoms with E-state index in [9.17, 15) is 0 Å². The average molecular weight is 197 g/mol. The molecule has 2 rings (SSSR count). The Balaban J connectivity index is 2.28. The van der Waals surface area contributed by atoms with Gasteiger partial charge in [-0.2, -0.15) is 0 Å². The van der Waals surface area contributed by atoms with E-state index in [4.69, 9.17) is 0 Å². The van der Waals surface area contributed by atoms with Gasteiger partial charge in [-0.3, -0.25) is 9.98 Å². The van der Waals surface area contributed by atoms with Gasteiger partial charge < -0.3 is 0 Å². The summed E-state index contributed by atoms with van der Waals surface area (Å²) in [5, 5.41) is 0. The molecule has 0 aromatic carbocycles. The van der Waals surface area contributed by atoms with Crippen molar-refractivity contribution in [3.8, 4) is 0 Å². The fourth-order valence-electron chi connectivity index (χ4n) is 0.758. The molecular weight excluding hydrogens is 192 g/mol. The Kier molecular flexibility index (Phi) is 1.31. The largest absolute Gasteiger partial charge is 0.279 e. The number of aromatic nitrogens is 1. The van der Waals surface area contributed by atoms with Crippen molar-refractivity contribution in [3.05, 3.63) is 28.5 Å². The van der Waals surface area contributed by atoms with E-state index in [2.05, 4.69) is 25.9 Å². The van der Waals surface area contributed by atoms with Crippen molar-refractivity contribution in [3.63, 3.8) is 0 Å². The summed E-state index contributed by atoms with van der Waals surface area (Å²) in [6.07, 6.45) is 3.67. The van der Waals surface area contributed by atoms with Crippen LogP contribution in [0.2, 0.25) is 0 Å². The van der Waals surface area contributed by atoms with E-state index in [0.717, 1.165) is 10.2 Å². The van der Waals surface area contributed by atoms with Gasteiger partial charge in [0.15, 0.2) is 0 Å². The van der Waals surface area contributed by atoms with E-state index in [1.807, 2.05) is 18.3 Å². The fraction of sp³-hybridized carbons (Fsp3) is 0.143. The molecule has 1 aromatic rings. The van der Waals surface area contributed by atoms with Crippen molar-refractivity contribution in [2.45, 2.75) is 6.04 Å². The van der Waals surface area contributed by atoms with Crippen LogP contribution < -0.4 is 0 Å². The second-order valence-electron chi connectivity index (χ2n) is 2.14. The molecule has 1 aromatic heterocycles. The zero-order chi connectivity index (χ0) is 6.97. The van der Waals surface area contributed by atoms with Gasteiger partial charge in [-0.05, 0) is 28.1 Å².